The molecule has 0 aromatic carbocycles. The van der Waals surface area contributed by atoms with E-state index >= 15 is 0 Å². The van der Waals surface area contributed by atoms with Crippen LogP contribution in [0.15, 0.2) is 96.0 Å². The first-order chi connectivity index (χ1) is 20.6. The van der Waals surface area contributed by atoms with Crippen LogP contribution in [0.2, 0.25) is 0 Å². The minimum atomic E-state index is 0.0813. The van der Waals surface area contributed by atoms with Gasteiger partial charge < -0.3 is 11.1 Å². The smallest absolute Gasteiger partial charge is 0.0570 e. The second-order valence-corrected chi connectivity index (χ2v) is 12.7. The van der Waals surface area contributed by atoms with Crippen LogP contribution in [0.25, 0.3) is 0 Å². The van der Waals surface area contributed by atoms with Gasteiger partial charge in [-0.15, -0.1) is 13.2 Å². The fourth-order valence-corrected chi connectivity index (χ4v) is 5.81. The zero-order chi connectivity index (χ0) is 35.3. The van der Waals surface area contributed by atoms with Gasteiger partial charge in [0.2, 0.25) is 0 Å². The fourth-order valence-electron chi connectivity index (χ4n) is 5.81. The van der Waals surface area contributed by atoms with Crippen molar-refractivity contribution in [2.24, 2.45) is 33.8 Å². The number of hydrogen-bond donors (Lipinski definition) is 2. The van der Waals surface area contributed by atoms with E-state index < -0.39 is 0 Å². The summed E-state index contributed by atoms with van der Waals surface area (Å²) >= 11 is 0. The Morgan fingerprint density at radius 3 is 2.00 bits per heavy atom. The molecule has 2 atom stereocenters. The number of likely N-dealkylation sites (N-methyl/N-ethyl adjacent to an activating group) is 1. The standard InChI is InChI=1S/C24H40N2.C12H20.2C2H6.C2H4/c1-10-11-12-16(2)17-13-14-19(25)20(26-9)15-18-21(17)23(5,6)24(7,8)22(18,3)4;1-5-7-8-9-10-12(4)11(3)6-2;3*1-2/h11-12,14-17,26H,10,13,25H2,1-9H3;8-10H,3,5-7H2,1-2,4H3;2*1-2H3;1-2H2/b12-11?,19-14+,20-15-;9-8-,12-10+;;;. The zero-order valence-corrected chi connectivity index (χ0v) is 32.4. The molecular formula is C42H76N2. The van der Waals surface area contributed by atoms with Gasteiger partial charge in [0.15, 0.2) is 0 Å². The fraction of sp³-hybridized carbons (Fsp3) is 0.619. The molecule has 0 spiro atoms. The Bertz CT molecular complexity index is 1000. The van der Waals surface area contributed by atoms with Crippen molar-refractivity contribution in [2.75, 3.05) is 7.05 Å². The molecule has 0 bridgehead atoms. The second kappa shape index (κ2) is 22.9. The van der Waals surface area contributed by atoms with Gasteiger partial charge in [0.1, 0.15) is 0 Å². The van der Waals surface area contributed by atoms with E-state index in [4.69, 9.17) is 5.73 Å². The van der Waals surface area contributed by atoms with Gasteiger partial charge in [-0.1, -0.05) is 158 Å². The lowest BCUT2D eigenvalue weighted by molar-refractivity contribution is 0.0572. The third kappa shape index (κ3) is 11.8. The predicted octanol–water partition coefficient (Wildman–Crippen LogP) is 13.1. The average Bonchev–Trinajstić information content (AvgIpc) is 3.11. The molecule has 0 fully saturated rings. The third-order valence-electron chi connectivity index (χ3n) is 9.83. The quantitative estimate of drug-likeness (QED) is 0.202. The Morgan fingerprint density at radius 2 is 1.55 bits per heavy atom. The molecule has 254 valence electrons. The summed E-state index contributed by atoms with van der Waals surface area (Å²) in [6.07, 6.45) is 21.3. The molecule has 2 aliphatic carbocycles. The summed E-state index contributed by atoms with van der Waals surface area (Å²) in [4.78, 5) is 0. The molecule has 2 nitrogen and oxygen atoms in total. The maximum absolute atomic E-state index is 6.42. The number of nitrogens with two attached hydrogens (primary N) is 1. The van der Waals surface area contributed by atoms with Crippen molar-refractivity contribution in [3.63, 3.8) is 0 Å². The monoisotopic (exact) mass is 609 g/mol. The summed E-state index contributed by atoms with van der Waals surface area (Å²) in [5.41, 5.74) is 14.3. The van der Waals surface area contributed by atoms with Gasteiger partial charge in [0.05, 0.1) is 11.4 Å². The number of hydrogen-bond acceptors (Lipinski definition) is 2. The molecule has 0 aliphatic heterocycles. The Morgan fingerprint density at radius 1 is 1.00 bits per heavy atom. The van der Waals surface area contributed by atoms with E-state index in [2.05, 4.69) is 144 Å². The van der Waals surface area contributed by atoms with Gasteiger partial charge in [0.25, 0.3) is 0 Å². The van der Waals surface area contributed by atoms with Crippen molar-refractivity contribution >= 4 is 0 Å². The van der Waals surface area contributed by atoms with Gasteiger partial charge in [-0.05, 0) is 77.9 Å². The molecule has 0 radical (unpaired) electrons. The van der Waals surface area contributed by atoms with Crippen LogP contribution >= 0.6 is 0 Å². The summed E-state index contributed by atoms with van der Waals surface area (Å²) in [5.74, 6) is 0.981. The van der Waals surface area contributed by atoms with Gasteiger partial charge in [-0.25, -0.2) is 0 Å². The highest BCUT2D eigenvalue weighted by atomic mass is 14.9. The maximum Gasteiger partial charge on any atom is 0.0570 e. The van der Waals surface area contributed by atoms with Crippen molar-refractivity contribution in [2.45, 2.75) is 136 Å². The Kier molecular flexibility index (Phi) is 24.0. The normalized spacial score (nSPS) is 22.7. The van der Waals surface area contributed by atoms with Gasteiger partial charge >= 0.3 is 0 Å². The average molecular weight is 609 g/mol. The summed E-state index contributed by atoms with van der Waals surface area (Å²) < 4.78 is 0. The molecule has 2 aliphatic rings. The SMILES string of the molecule is C=C.C=C(CC)/C(C)=C/C=C\CCC.CC.CC.CCC=CC(C)C1C/C=C(N)\C(NC)=C\C2=C1C(C)(C)C(C)(C)C2(C)C. The van der Waals surface area contributed by atoms with Crippen molar-refractivity contribution in [3.8, 4) is 0 Å². The van der Waals surface area contributed by atoms with E-state index in [0.29, 0.717) is 11.8 Å². The van der Waals surface area contributed by atoms with Crippen LogP contribution in [0, 0.1) is 28.1 Å². The van der Waals surface area contributed by atoms with Crippen molar-refractivity contribution < 1.29 is 0 Å². The minimum absolute atomic E-state index is 0.0813. The lowest BCUT2D eigenvalue weighted by Gasteiger charge is -2.47. The molecule has 2 unspecified atom stereocenters. The second-order valence-electron chi connectivity index (χ2n) is 12.7. The highest BCUT2D eigenvalue weighted by molar-refractivity contribution is 5.50. The molecular weight excluding hydrogens is 532 g/mol. The molecule has 0 saturated heterocycles. The molecule has 0 aromatic heterocycles. The molecule has 0 heterocycles. The summed E-state index contributed by atoms with van der Waals surface area (Å²) in [5, 5.41) is 3.32. The first-order valence-electron chi connectivity index (χ1n) is 17.4. The first kappa shape index (κ1) is 45.9. The van der Waals surface area contributed by atoms with Crippen LogP contribution in [-0.4, -0.2) is 7.05 Å². The van der Waals surface area contributed by atoms with Crippen molar-refractivity contribution in [1.29, 1.82) is 0 Å². The van der Waals surface area contributed by atoms with Crippen LogP contribution in [0.3, 0.4) is 0 Å². The van der Waals surface area contributed by atoms with Gasteiger partial charge in [0, 0.05) is 7.05 Å². The van der Waals surface area contributed by atoms with E-state index in [1.165, 1.54) is 29.6 Å². The van der Waals surface area contributed by atoms with E-state index in [-0.39, 0.29) is 16.2 Å². The Labute approximate surface area is 277 Å². The number of allylic oxidation sites excluding steroid dienone is 11. The van der Waals surface area contributed by atoms with Crippen molar-refractivity contribution in [3.05, 3.63) is 96.0 Å². The number of nitrogens with one attached hydrogen (secondary N) is 1. The van der Waals surface area contributed by atoms with Gasteiger partial charge in [-0.3, -0.25) is 0 Å². The molecule has 0 amide bonds. The van der Waals surface area contributed by atoms with Crippen LogP contribution in [-0.2, 0) is 0 Å². The predicted molar refractivity (Wildman–Crippen MR) is 206 cm³/mol. The molecule has 0 saturated carbocycles. The lowest BCUT2D eigenvalue weighted by atomic mass is 9.57. The topological polar surface area (TPSA) is 38.0 Å². The van der Waals surface area contributed by atoms with Gasteiger partial charge in [-0.2, -0.15) is 0 Å². The van der Waals surface area contributed by atoms with E-state index in [1.807, 2.05) is 34.7 Å². The highest BCUT2D eigenvalue weighted by Gasteiger charge is 2.59. The molecule has 2 rings (SSSR count). The summed E-state index contributed by atoms with van der Waals surface area (Å²) in [7, 11) is 1.97. The largest absolute Gasteiger partial charge is 0.397 e. The first-order valence-corrected chi connectivity index (χ1v) is 17.4. The molecule has 44 heavy (non-hydrogen) atoms. The lowest BCUT2D eigenvalue weighted by Crippen LogP contribution is -2.40. The minimum Gasteiger partial charge on any atom is -0.397 e. The van der Waals surface area contributed by atoms with E-state index in [1.54, 1.807) is 5.57 Å². The zero-order valence-electron chi connectivity index (χ0n) is 32.4. The van der Waals surface area contributed by atoms with Crippen LogP contribution in [0.1, 0.15) is 136 Å². The van der Waals surface area contributed by atoms with E-state index in [0.717, 1.165) is 30.7 Å². The molecule has 3 N–H and O–H groups in total. The van der Waals surface area contributed by atoms with Crippen molar-refractivity contribution in [1.82, 2.24) is 5.32 Å². The Hall–Kier alpha value is -2.48. The van der Waals surface area contributed by atoms with Crippen LogP contribution < -0.4 is 11.1 Å². The van der Waals surface area contributed by atoms with Crippen LogP contribution in [0.4, 0.5) is 0 Å². The third-order valence-corrected chi connectivity index (χ3v) is 9.83. The summed E-state index contributed by atoms with van der Waals surface area (Å²) in [6.45, 7) is 43.6. The van der Waals surface area contributed by atoms with Crippen LogP contribution in [0.5, 0.6) is 0 Å². The highest BCUT2D eigenvalue weighted by Crippen LogP contribution is 2.67. The maximum atomic E-state index is 6.42. The summed E-state index contributed by atoms with van der Waals surface area (Å²) in [6, 6.07) is 0. The molecule has 2 heteroatoms. The molecule has 0 aromatic rings. The number of unbranched alkanes of at least 4 members (excludes halogenated alkanes) is 1. The Balaban J connectivity index is -0.000000785. The van der Waals surface area contributed by atoms with E-state index in [9.17, 15) is 0 Å². The number of rotatable bonds is 9.